The Morgan fingerprint density at radius 1 is 0.792 bits per heavy atom. The van der Waals surface area contributed by atoms with Crippen molar-refractivity contribution in [2.24, 2.45) is 0 Å². The topological polar surface area (TPSA) is 58.9 Å². The maximum absolute atomic E-state index is 8.86. The first kappa shape index (κ1) is 18.3. The number of rotatable bonds is 8. The molecule has 2 rings (SSSR count). The molecule has 0 heterocycles. The highest BCUT2D eigenvalue weighted by Crippen LogP contribution is 2.30. The highest BCUT2D eigenvalue weighted by atomic mass is 16.5. The molecule has 0 radical (unpaired) electrons. The van der Waals surface area contributed by atoms with Gasteiger partial charge in [0.2, 0.25) is 0 Å². The van der Waals surface area contributed by atoms with Gasteiger partial charge in [0, 0.05) is 5.92 Å². The molecule has 2 aromatic carbocycles. The monoisotopic (exact) mass is 330 g/mol. The van der Waals surface area contributed by atoms with Crippen molar-refractivity contribution in [1.82, 2.24) is 0 Å². The summed E-state index contributed by atoms with van der Waals surface area (Å²) in [6, 6.07) is 12.3. The van der Waals surface area contributed by atoms with E-state index in [9.17, 15) is 0 Å². The van der Waals surface area contributed by atoms with Crippen molar-refractivity contribution >= 4 is 0 Å². The molecule has 0 aromatic heterocycles. The number of ether oxygens (including phenoxy) is 2. The average molecular weight is 330 g/mol. The van der Waals surface area contributed by atoms with Crippen LogP contribution in [0.15, 0.2) is 36.4 Å². The van der Waals surface area contributed by atoms with Gasteiger partial charge < -0.3 is 19.7 Å². The second-order valence-corrected chi connectivity index (χ2v) is 5.92. The minimum absolute atomic E-state index is 0.0154. The van der Waals surface area contributed by atoms with E-state index < -0.39 is 0 Å². The molecule has 4 heteroatoms. The van der Waals surface area contributed by atoms with E-state index in [-0.39, 0.29) is 19.1 Å². The van der Waals surface area contributed by atoms with E-state index in [1.165, 1.54) is 11.1 Å². The summed E-state index contributed by atoms with van der Waals surface area (Å²) < 4.78 is 11.0. The van der Waals surface area contributed by atoms with Gasteiger partial charge in [0.05, 0.1) is 13.2 Å². The van der Waals surface area contributed by atoms with Crippen LogP contribution < -0.4 is 9.47 Å². The number of hydrogen-bond acceptors (Lipinski definition) is 4. The molecular weight excluding hydrogens is 304 g/mol. The van der Waals surface area contributed by atoms with Crippen LogP contribution in [0.4, 0.5) is 0 Å². The minimum atomic E-state index is 0.0154. The van der Waals surface area contributed by atoms with Crippen LogP contribution in [0.2, 0.25) is 0 Å². The molecule has 0 fully saturated rings. The third kappa shape index (κ3) is 4.49. The molecule has 24 heavy (non-hydrogen) atoms. The largest absolute Gasteiger partial charge is 0.491 e. The third-order valence-corrected chi connectivity index (χ3v) is 4.10. The summed E-state index contributed by atoms with van der Waals surface area (Å²) in [6.07, 6.45) is 0. The Kier molecular flexibility index (Phi) is 6.64. The number of hydrogen-bond donors (Lipinski definition) is 2. The molecule has 0 aliphatic heterocycles. The fourth-order valence-corrected chi connectivity index (χ4v) is 2.71. The van der Waals surface area contributed by atoms with Crippen molar-refractivity contribution < 1.29 is 19.7 Å². The zero-order chi connectivity index (χ0) is 17.5. The molecule has 4 nitrogen and oxygen atoms in total. The lowest BCUT2D eigenvalue weighted by molar-refractivity contribution is 0.200. The van der Waals surface area contributed by atoms with Gasteiger partial charge in [-0.15, -0.1) is 0 Å². The van der Waals surface area contributed by atoms with Crippen molar-refractivity contribution in [2.45, 2.75) is 26.7 Å². The molecule has 0 saturated carbocycles. The normalized spacial score (nSPS) is 10.9. The molecule has 0 aliphatic carbocycles. The SMILES string of the molecule is Cc1cc(C(C)c2ccc(OCCO)c(C)c2)ccc1OCCO. The molecule has 0 spiro atoms. The molecule has 2 N–H and O–H groups in total. The summed E-state index contributed by atoms with van der Waals surface area (Å²) in [5.74, 6) is 1.87. The zero-order valence-corrected chi connectivity index (χ0v) is 14.6. The predicted molar refractivity (Wildman–Crippen MR) is 95.0 cm³/mol. The number of aryl methyl sites for hydroxylation is 2. The Morgan fingerprint density at radius 3 is 1.54 bits per heavy atom. The van der Waals surface area contributed by atoms with E-state index in [2.05, 4.69) is 31.2 Å². The van der Waals surface area contributed by atoms with Crippen LogP contribution >= 0.6 is 0 Å². The van der Waals surface area contributed by atoms with Gasteiger partial charge in [-0.3, -0.25) is 0 Å². The van der Waals surface area contributed by atoms with Crippen LogP contribution in [0.3, 0.4) is 0 Å². The van der Waals surface area contributed by atoms with Gasteiger partial charge >= 0.3 is 0 Å². The molecule has 0 amide bonds. The lowest BCUT2D eigenvalue weighted by Gasteiger charge is -2.17. The Bertz CT molecular complexity index is 609. The molecular formula is C20H26O4. The molecule has 0 aliphatic rings. The van der Waals surface area contributed by atoms with Crippen molar-refractivity contribution in [3.63, 3.8) is 0 Å². The van der Waals surface area contributed by atoms with Gasteiger partial charge in [0.1, 0.15) is 24.7 Å². The van der Waals surface area contributed by atoms with E-state index in [0.29, 0.717) is 13.2 Å². The maximum atomic E-state index is 8.86. The number of aliphatic hydroxyl groups excluding tert-OH is 2. The standard InChI is InChI=1S/C20H26O4/c1-14-12-17(4-6-19(14)23-10-8-21)16(3)18-5-7-20(15(2)13-18)24-11-9-22/h4-7,12-13,16,21-22H,8-11H2,1-3H3. The molecule has 0 saturated heterocycles. The maximum Gasteiger partial charge on any atom is 0.122 e. The first-order valence-corrected chi connectivity index (χ1v) is 8.25. The van der Waals surface area contributed by atoms with Crippen molar-refractivity contribution in [2.75, 3.05) is 26.4 Å². The Labute approximate surface area is 143 Å². The fraction of sp³-hybridized carbons (Fsp3) is 0.400. The molecule has 0 bridgehead atoms. The van der Waals surface area contributed by atoms with Crippen LogP contribution in [-0.4, -0.2) is 36.6 Å². The first-order valence-electron chi connectivity index (χ1n) is 8.25. The second-order valence-electron chi connectivity index (χ2n) is 5.92. The lowest BCUT2D eigenvalue weighted by atomic mass is 9.91. The Balaban J connectivity index is 2.17. The van der Waals surface area contributed by atoms with Crippen LogP contribution in [0.1, 0.15) is 35.1 Å². The van der Waals surface area contributed by atoms with Crippen LogP contribution in [-0.2, 0) is 0 Å². The molecule has 2 aromatic rings. The van der Waals surface area contributed by atoms with Crippen LogP contribution in [0, 0.1) is 13.8 Å². The van der Waals surface area contributed by atoms with Gasteiger partial charge in [-0.05, 0) is 48.2 Å². The van der Waals surface area contributed by atoms with E-state index in [0.717, 1.165) is 22.6 Å². The highest BCUT2D eigenvalue weighted by Gasteiger charge is 2.12. The van der Waals surface area contributed by atoms with Crippen LogP contribution in [0.25, 0.3) is 0 Å². The molecule has 130 valence electrons. The zero-order valence-electron chi connectivity index (χ0n) is 14.6. The van der Waals surface area contributed by atoms with E-state index in [4.69, 9.17) is 19.7 Å². The van der Waals surface area contributed by atoms with E-state index in [1.807, 2.05) is 26.0 Å². The van der Waals surface area contributed by atoms with Crippen LogP contribution in [0.5, 0.6) is 11.5 Å². The average Bonchev–Trinajstić information content (AvgIpc) is 2.59. The fourth-order valence-electron chi connectivity index (χ4n) is 2.71. The first-order chi connectivity index (χ1) is 11.6. The predicted octanol–water partition coefficient (Wildman–Crippen LogP) is 3.20. The van der Waals surface area contributed by atoms with Gasteiger partial charge in [0.25, 0.3) is 0 Å². The van der Waals surface area contributed by atoms with Gasteiger partial charge in [-0.25, -0.2) is 0 Å². The summed E-state index contributed by atoms with van der Waals surface area (Å²) in [5.41, 5.74) is 4.55. The summed E-state index contributed by atoms with van der Waals surface area (Å²) >= 11 is 0. The summed E-state index contributed by atoms with van der Waals surface area (Å²) in [4.78, 5) is 0. The summed E-state index contributed by atoms with van der Waals surface area (Å²) in [7, 11) is 0. The highest BCUT2D eigenvalue weighted by molar-refractivity contribution is 5.44. The number of aliphatic hydroxyl groups is 2. The lowest BCUT2D eigenvalue weighted by Crippen LogP contribution is -2.05. The van der Waals surface area contributed by atoms with E-state index >= 15 is 0 Å². The number of benzene rings is 2. The van der Waals surface area contributed by atoms with Crippen molar-refractivity contribution in [3.8, 4) is 11.5 Å². The van der Waals surface area contributed by atoms with Gasteiger partial charge in [-0.1, -0.05) is 31.2 Å². The van der Waals surface area contributed by atoms with Crippen molar-refractivity contribution in [3.05, 3.63) is 58.7 Å². The van der Waals surface area contributed by atoms with Gasteiger partial charge in [0.15, 0.2) is 0 Å². The smallest absolute Gasteiger partial charge is 0.122 e. The summed E-state index contributed by atoms with van der Waals surface area (Å²) in [6.45, 7) is 6.85. The van der Waals surface area contributed by atoms with Gasteiger partial charge in [-0.2, -0.15) is 0 Å². The minimum Gasteiger partial charge on any atom is -0.491 e. The van der Waals surface area contributed by atoms with E-state index in [1.54, 1.807) is 0 Å². The quantitative estimate of drug-likeness (QED) is 0.780. The summed E-state index contributed by atoms with van der Waals surface area (Å²) in [5, 5.41) is 17.7. The Hall–Kier alpha value is -2.04. The molecule has 0 unspecified atom stereocenters. The van der Waals surface area contributed by atoms with Crippen molar-refractivity contribution in [1.29, 1.82) is 0 Å². The molecule has 0 atom stereocenters. The second kappa shape index (κ2) is 8.71. The third-order valence-electron chi connectivity index (χ3n) is 4.10. The Morgan fingerprint density at radius 2 is 1.21 bits per heavy atom.